The molecule has 9 heteroatoms. The van der Waals surface area contributed by atoms with Crippen molar-refractivity contribution >= 4 is 34.9 Å². The minimum absolute atomic E-state index is 0.0916. The van der Waals surface area contributed by atoms with Crippen LogP contribution in [0.1, 0.15) is 0 Å². The molecule has 0 bridgehead atoms. The van der Waals surface area contributed by atoms with Crippen molar-refractivity contribution in [1.82, 2.24) is 9.97 Å². The van der Waals surface area contributed by atoms with E-state index in [2.05, 4.69) is 37.2 Å². The highest BCUT2D eigenvalue weighted by molar-refractivity contribution is 8.00. The van der Waals surface area contributed by atoms with Crippen molar-refractivity contribution < 1.29 is 14.3 Å². The minimum Gasteiger partial charge on any atom is -0.497 e. The van der Waals surface area contributed by atoms with Crippen LogP contribution in [0.4, 0.5) is 17.2 Å². The molecule has 172 valence electrons. The Labute approximate surface area is 197 Å². The van der Waals surface area contributed by atoms with Crippen LogP contribution in [0, 0.1) is 0 Å². The van der Waals surface area contributed by atoms with Crippen molar-refractivity contribution in [1.29, 1.82) is 0 Å². The topological polar surface area (TPSA) is 79.8 Å². The second-order valence-electron chi connectivity index (χ2n) is 7.42. The number of hydrogen-bond acceptors (Lipinski definition) is 8. The standard InChI is InChI=1S/C24H27N5O3S/c1-31-20-7-3-18(4-8-20)27-22(30)17-33-24-23(25-11-12-26-24)29-15-13-28(14-16-29)19-5-9-21(32-2)10-6-19/h3-12H,13-17H2,1-2H3,(H,27,30). The summed E-state index contributed by atoms with van der Waals surface area (Å²) < 4.78 is 10.4. The molecule has 1 saturated heterocycles. The number of rotatable bonds is 8. The normalized spacial score (nSPS) is 13.5. The van der Waals surface area contributed by atoms with Crippen molar-refractivity contribution in [3.63, 3.8) is 0 Å². The van der Waals surface area contributed by atoms with E-state index in [-0.39, 0.29) is 11.7 Å². The van der Waals surface area contributed by atoms with Gasteiger partial charge in [-0.1, -0.05) is 11.8 Å². The average Bonchev–Trinajstić information content (AvgIpc) is 2.88. The van der Waals surface area contributed by atoms with Crippen molar-refractivity contribution in [2.75, 3.05) is 61.3 Å². The van der Waals surface area contributed by atoms with E-state index in [1.165, 1.54) is 17.4 Å². The van der Waals surface area contributed by atoms with Gasteiger partial charge in [0.05, 0.1) is 20.0 Å². The van der Waals surface area contributed by atoms with E-state index in [4.69, 9.17) is 9.47 Å². The predicted octanol–water partition coefficient (Wildman–Crippen LogP) is 3.55. The van der Waals surface area contributed by atoms with Gasteiger partial charge in [0.1, 0.15) is 16.5 Å². The molecule has 0 atom stereocenters. The van der Waals surface area contributed by atoms with E-state index < -0.39 is 0 Å². The number of benzene rings is 2. The summed E-state index contributed by atoms with van der Waals surface area (Å²) in [6.45, 7) is 3.42. The van der Waals surface area contributed by atoms with Crippen molar-refractivity contribution in [2.24, 2.45) is 0 Å². The van der Waals surface area contributed by atoms with Gasteiger partial charge in [0.15, 0.2) is 5.82 Å². The molecule has 0 aliphatic carbocycles. The number of carbonyl (C=O) groups excluding carboxylic acids is 1. The van der Waals surface area contributed by atoms with Crippen LogP contribution >= 0.6 is 11.8 Å². The van der Waals surface area contributed by atoms with E-state index in [0.29, 0.717) is 0 Å². The second kappa shape index (κ2) is 10.9. The van der Waals surface area contributed by atoms with Crippen molar-refractivity contribution in [3.05, 3.63) is 60.9 Å². The highest BCUT2D eigenvalue weighted by Crippen LogP contribution is 2.28. The molecule has 2 heterocycles. The lowest BCUT2D eigenvalue weighted by atomic mass is 10.2. The fourth-order valence-corrected chi connectivity index (χ4v) is 4.40. The van der Waals surface area contributed by atoms with Gasteiger partial charge < -0.3 is 24.6 Å². The first-order valence-electron chi connectivity index (χ1n) is 10.7. The number of hydrogen-bond donors (Lipinski definition) is 1. The molecule has 1 aliphatic rings. The first-order chi connectivity index (χ1) is 16.2. The van der Waals surface area contributed by atoms with Crippen LogP contribution in [-0.4, -0.2) is 62.0 Å². The second-order valence-corrected chi connectivity index (χ2v) is 8.39. The Hall–Kier alpha value is -3.46. The van der Waals surface area contributed by atoms with Crippen LogP contribution in [0.25, 0.3) is 0 Å². The van der Waals surface area contributed by atoms with Crippen molar-refractivity contribution in [3.8, 4) is 11.5 Å². The number of carbonyl (C=O) groups is 1. The fraction of sp³-hybridized carbons (Fsp3) is 0.292. The molecule has 1 aliphatic heterocycles. The first-order valence-corrected chi connectivity index (χ1v) is 11.7. The first kappa shape index (κ1) is 22.7. The summed E-state index contributed by atoms with van der Waals surface area (Å²) in [6.07, 6.45) is 3.37. The Morgan fingerprint density at radius 2 is 1.45 bits per heavy atom. The molecule has 1 aromatic heterocycles. The fourth-order valence-electron chi connectivity index (χ4n) is 3.61. The number of piperazine rings is 1. The maximum absolute atomic E-state index is 12.4. The van der Waals surface area contributed by atoms with Gasteiger partial charge in [0.2, 0.25) is 5.91 Å². The van der Waals surface area contributed by atoms with Gasteiger partial charge in [-0.25, -0.2) is 9.97 Å². The number of methoxy groups -OCH3 is 2. The molecular weight excluding hydrogens is 438 g/mol. The van der Waals surface area contributed by atoms with E-state index in [1.807, 2.05) is 36.4 Å². The summed E-state index contributed by atoms with van der Waals surface area (Å²) in [4.78, 5) is 26.1. The highest BCUT2D eigenvalue weighted by atomic mass is 32.2. The average molecular weight is 466 g/mol. The molecule has 0 unspecified atom stereocenters. The third-order valence-corrected chi connectivity index (χ3v) is 6.35. The largest absolute Gasteiger partial charge is 0.497 e. The smallest absolute Gasteiger partial charge is 0.234 e. The van der Waals surface area contributed by atoms with Crippen LogP contribution in [0.15, 0.2) is 66.0 Å². The third-order valence-electron chi connectivity index (χ3n) is 5.38. The summed E-state index contributed by atoms with van der Waals surface area (Å²) in [7, 11) is 3.29. The van der Waals surface area contributed by atoms with Crippen LogP contribution in [0.2, 0.25) is 0 Å². The van der Waals surface area contributed by atoms with Crippen LogP contribution < -0.4 is 24.6 Å². The SMILES string of the molecule is COc1ccc(NC(=O)CSc2nccnc2N2CCN(c3ccc(OC)cc3)CC2)cc1. The maximum Gasteiger partial charge on any atom is 0.234 e. The summed E-state index contributed by atoms with van der Waals surface area (Å²) >= 11 is 1.40. The zero-order chi connectivity index (χ0) is 23.0. The molecule has 0 radical (unpaired) electrons. The van der Waals surface area contributed by atoms with Gasteiger partial charge in [0, 0.05) is 49.9 Å². The van der Waals surface area contributed by atoms with Crippen LogP contribution in [-0.2, 0) is 4.79 Å². The van der Waals surface area contributed by atoms with E-state index in [9.17, 15) is 4.79 Å². The third kappa shape index (κ3) is 5.87. The zero-order valence-corrected chi connectivity index (χ0v) is 19.5. The van der Waals surface area contributed by atoms with E-state index in [1.54, 1.807) is 26.6 Å². The molecule has 0 saturated carbocycles. The number of anilines is 3. The number of amides is 1. The minimum atomic E-state index is -0.0916. The van der Waals surface area contributed by atoms with Gasteiger partial charge in [-0.3, -0.25) is 4.79 Å². The summed E-state index contributed by atoms with van der Waals surface area (Å²) in [5.41, 5.74) is 1.91. The van der Waals surface area contributed by atoms with Gasteiger partial charge >= 0.3 is 0 Å². The lowest BCUT2D eigenvalue weighted by Crippen LogP contribution is -2.47. The summed E-state index contributed by atoms with van der Waals surface area (Å²) in [6, 6.07) is 15.4. The number of nitrogens with one attached hydrogen (secondary N) is 1. The lowest BCUT2D eigenvalue weighted by Gasteiger charge is -2.37. The molecule has 1 amide bonds. The summed E-state index contributed by atoms with van der Waals surface area (Å²) in [5.74, 6) is 2.59. The van der Waals surface area contributed by atoms with E-state index in [0.717, 1.165) is 54.2 Å². The Balaban J connectivity index is 1.33. The lowest BCUT2D eigenvalue weighted by molar-refractivity contribution is -0.113. The molecule has 8 nitrogen and oxygen atoms in total. The number of ether oxygens (including phenoxy) is 2. The number of nitrogens with zero attached hydrogens (tertiary/aromatic N) is 4. The zero-order valence-electron chi connectivity index (χ0n) is 18.7. The molecule has 3 aromatic rings. The Morgan fingerprint density at radius 1 is 0.879 bits per heavy atom. The van der Waals surface area contributed by atoms with E-state index >= 15 is 0 Å². The molecule has 0 spiro atoms. The van der Waals surface area contributed by atoms with Gasteiger partial charge in [-0.2, -0.15) is 0 Å². The molecular formula is C24H27N5O3S. The molecule has 1 N–H and O–H groups in total. The highest BCUT2D eigenvalue weighted by Gasteiger charge is 2.21. The molecule has 4 rings (SSSR count). The Morgan fingerprint density at radius 3 is 2.09 bits per heavy atom. The Kier molecular flexibility index (Phi) is 7.51. The number of thioether (sulfide) groups is 1. The van der Waals surface area contributed by atoms with Crippen LogP contribution in [0.3, 0.4) is 0 Å². The van der Waals surface area contributed by atoms with Crippen molar-refractivity contribution in [2.45, 2.75) is 5.03 Å². The van der Waals surface area contributed by atoms with Gasteiger partial charge in [-0.15, -0.1) is 0 Å². The van der Waals surface area contributed by atoms with Gasteiger partial charge in [0.25, 0.3) is 0 Å². The van der Waals surface area contributed by atoms with Crippen LogP contribution in [0.5, 0.6) is 11.5 Å². The Bertz CT molecular complexity index is 1050. The quantitative estimate of drug-likeness (QED) is 0.506. The number of aromatic nitrogens is 2. The molecule has 2 aromatic carbocycles. The predicted molar refractivity (Wildman–Crippen MR) is 132 cm³/mol. The molecule has 33 heavy (non-hydrogen) atoms. The summed E-state index contributed by atoms with van der Waals surface area (Å²) in [5, 5.41) is 3.67. The van der Waals surface area contributed by atoms with Gasteiger partial charge in [-0.05, 0) is 48.5 Å². The monoisotopic (exact) mass is 465 g/mol. The molecule has 1 fully saturated rings. The maximum atomic E-state index is 12.4.